The number of rotatable bonds is 2. The number of nitrogens with zero attached hydrogens (tertiary/aromatic N) is 2. The van der Waals surface area contributed by atoms with Crippen LogP contribution in [0.4, 0.5) is 10.3 Å². The topological polar surface area (TPSA) is 100 Å². The van der Waals surface area contributed by atoms with Crippen molar-refractivity contribution in [2.24, 2.45) is 0 Å². The number of aromatic amines is 2. The molecule has 1 aromatic carbocycles. The summed E-state index contributed by atoms with van der Waals surface area (Å²) in [6.07, 6.45) is 0.454. The Labute approximate surface area is 106 Å². The third-order valence-electron chi connectivity index (χ3n) is 2.71. The van der Waals surface area contributed by atoms with E-state index in [9.17, 15) is 9.18 Å². The van der Waals surface area contributed by atoms with Crippen LogP contribution in [0.3, 0.4) is 0 Å². The zero-order valence-electron chi connectivity index (χ0n) is 9.77. The number of H-pyrrole nitrogens is 2. The van der Waals surface area contributed by atoms with E-state index in [4.69, 9.17) is 5.73 Å². The quantitative estimate of drug-likeness (QED) is 0.638. The van der Waals surface area contributed by atoms with Gasteiger partial charge in [0.25, 0.3) is 5.56 Å². The van der Waals surface area contributed by atoms with Crippen LogP contribution < -0.4 is 11.3 Å². The van der Waals surface area contributed by atoms with E-state index in [1.54, 1.807) is 12.1 Å². The molecule has 2 heterocycles. The first kappa shape index (κ1) is 11.4. The van der Waals surface area contributed by atoms with E-state index in [2.05, 4.69) is 19.9 Å². The van der Waals surface area contributed by atoms with Gasteiger partial charge in [-0.2, -0.15) is 4.98 Å². The van der Waals surface area contributed by atoms with Gasteiger partial charge in [0.15, 0.2) is 11.2 Å². The molecule has 0 unspecified atom stereocenters. The van der Waals surface area contributed by atoms with Gasteiger partial charge in [-0.25, -0.2) is 9.37 Å². The predicted octanol–water partition coefficient (Wildman–Crippen LogP) is 0.958. The summed E-state index contributed by atoms with van der Waals surface area (Å²) in [6.45, 7) is 0. The standard InChI is InChI=1S/C12H10FN5O/c13-7-3-1-6(2-4-7)5-8-15-9-10(16-8)17-12(14)18-11(9)19/h1-4H,5H2,(H4,14,15,16,17,18,19). The van der Waals surface area contributed by atoms with E-state index in [-0.39, 0.29) is 28.5 Å². The number of halogens is 1. The van der Waals surface area contributed by atoms with E-state index in [1.807, 2.05) is 0 Å². The van der Waals surface area contributed by atoms with Crippen molar-refractivity contribution in [3.8, 4) is 0 Å². The Morgan fingerprint density at radius 2 is 1.89 bits per heavy atom. The molecule has 0 atom stereocenters. The van der Waals surface area contributed by atoms with Crippen molar-refractivity contribution in [3.63, 3.8) is 0 Å². The number of anilines is 1. The Bertz CT molecular complexity index is 790. The van der Waals surface area contributed by atoms with Gasteiger partial charge in [-0.15, -0.1) is 0 Å². The van der Waals surface area contributed by atoms with Gasteiger partial charge in [-0.1, -0.05) is 12.1 Å². The van der Waals surface area contributed by atoms with Crippen molar-refractivity contribution >= 4 is 17.1 Å². The highest BCUT2D eigenvalue weighted by Crippen LogP contribution is 2.10. The highest BCUT2D eigenvalue weighted by Gasteiger charge is 2.09. The van der Waals surface area contributed by atoms with Crippen molar-refractivity contribution in [3.05, 3.63) is 51.8 Å². The van der Waals surface area contributed by atoms with Crippen LogP contribution in [0.15, 0.2) is 29.1 Å². The Morgan fingerprint density at radius 1 is 1.16 bits per heavy atom. The first-order chi connectivity index (χ1) is 9.11. The number of fused-ring (bicyclic) bond motifs is 1. The molecule has 0 spiro atoms. The number of imidazole rings is 1. The monoisotopic (exact) mass is 259 g/mol. The number of aromatic nitrogens is 4. The largest absolute Gasteiger partial charge is 0.369 e. The number of nitrogen functional groups attached to an aromatic ring is 1. The van der Waals surface area contributed by atoms with Crippen LogP contribution in [-0.2, 0) is 6.42 Å². The SMILES string of the molecule is Nc1nc2nc(Cc3ccc(F)cc3)[nH]c2c(=O)[nH]1. The molecule has 0 saturated heterocycles. The van der Waals surface area contributed by atoms with Gasteiger partial charge >= 0.3 is 0 Å². The normalized spacial score (nSPS) is 11.0. The molecule has 0 saturated carbocycles. The lowest BCUT2D eigenvalue weighted by Gasteiger charge is -1.97. The molecule has 0 fully saturated rings. The molecule has 0 bridgehead atoms. The van der Waals surface area contributed by atoms with Crippen LogP contribution in [0, 0.1) is 5.82 Å². The Balaban J connectivity index is 2.00. The number of benzene rings is 1. The third kappa shape index (κ3) is 2.17. The summed E-state index contributed by atoms with van der Waals surface area (Å²) in [4.78, 5) is 25.0. The molecule has 0 amide bonds. The highest BCUT2D eigenvalue weighted by atomic mass is 19.1. The fourth-order valence-corrected chi connectivity index (χ4v) is 1.85. The van der Waals surface area contributed by atoms with Crippen LogP contribution in [-0.4, -0.2) is 19.9 Å². The van der Waals surface area contributed by atoms with E-state index in [0.717, 1.165) is 5.56 Å². The highest BCUT2D eigenvalue weighted by molar-refractivity contribution is 5.70. The molecule has 2 aromatic heterocycles. The molecule has 3 rings (SSSR count). The summed E-state index contributed by atoms with van der Waals surface area (Å²) in [5.41, 5.74) is 6.52. The molecule has 7 heteroatoms. The van der Waals surface area contributed by atoms with Crippen molar-refractivity contribution in [1.29, 1.82) is 0 Å². The first-order valence-corrected chi connectivity index (χ1v) is 5.60. The van der Waals surface area contributed by atoms with Crippen LogP contribution >= 0.6 is 0 Å². The third-order valence-corrected chi connectivity index (χ3v) is 2.71. The molecule has 96 valence electrons. The predicted molar refractivity (Wildman–Crippen MR) is 68.1 cm³/mol. The summed E-state index contributed by atoms with van der Waals surface area (Å²) in [5, 5.41) is 0. The number of hydrogen-bond acceptors (Lipinski definition) is 4. The van der Waals surface area contributed by atoms with Gasteiger partial charge < -0.3 is 10.7 Å². The number of nitrogens with two attached hydrogens (primary N) is 1. The lowest BCUT2D eigenvalue weighted by atomic mass is 10.1. The second kappa shape index (κ2) is 4.20. The zero-order chi connectivity index (χ0) is 13.4. The molecule has 6 nitrogen and oxygen atoms in total. The van der Waals surface area contributed by atoms with Gasteiger partial charge in [-0.05, 0) is 17.7 Å². The minimum Gasteiger partial charge on any atom is -0.369 e. The van der Waals surface area contributed by atoms with Crippen LogP contribution in [0.1, 0.15) is 11.4 Å². The molecule has 4 N–H and O–H groups in total. The van der Waals surface area contributed by atoms with Gasteiger partial charge in [0, 0.05) is 6.42 Å². The average molecular weight is 259 g/mol. The minimum absolute atomic E-state index is 0.0253. The number of hydrogen-bond donors (Lipinski definition) is 3. The maximum Gasteiger partial charge on any atom is 0.278 e. The maximum absolute atomic E-state index is 12.8. The van der Waals surface area contributed by atoms with Gasteiger partial charge in [-0.3, -0.25) is 9.78 Å². The molecule has 3 aromatic rings. The molecule has 0 aliphatic heterocycles. The number of nitrogens with one attached hydrogen (secondary N) is 2. The van der Waals surface area contributed by atoms with Crippen molar-refractivity contribution < 1.29 is 4.39 Å². The second-order valence-electron chi connectivity index (χ2n) is 4.14. The summed E-state index contributed by atoms with van der Waals surface area (Å²) in [7, 11) is 0. The summed E-state index contributed by atoms with van der Waals surface area (Å²) in [5.74, 6) is 0.307. The summed E-state index contributed by atoms with van der Waals surface area (Å²) < 4.78 is 12.8. The molecular weight excluding hydrogens is 249 g/mol. The van der Waals surface area contributed by atoms with Crippen LogP contribution in [0.5, 0.6) is 0 Å². The summed E-state index contributed by atoms with van der Waals surface area (Å²) in [6, 6.07) is 6.07. The van der Waals surface area contributed by atoms with Gasteiger partial charge in [0.1, 0.15) is 11.6 Å². The molecule has 0 aliphatic rings. The van der Waals surface area contributed by atoms with Gasteiger partial charge in [0.05, 0.1) is 0 Å². The fourth-order valence-electron chi connectivity index (χ4n) is 1.85. The van der Waals surface area contributed by atoms with Crippen molar-refractivity contribution in [1.82, 2.24) is 19.9 Å². The molecule has 19 heavy (non-hydrogen) atoms. The Kier molecular flexibility index (Phi) is 2.52. The lowest BCUT2D eigenvalue weighted by Crippen LogP contribution is -2.10. The first-order valence-electron chi connectivity index (χ1n) is 5.60. The minimum atomic E-state index is -0.361. The second-order valence-corrected chi connectivity index (χ2v) is 4.14. The van der Waals surface area contributed by atoms with Crippen LogP contribution in [0.25, 0.3) is 11.2 Å². The smallest absolute Gasteiger partial charge is 0.278 e. The molecule has 0 aliphatic carbocycles. The van der Waals surface area contributed by atoms with E-state index in [0.29, 0.717) is 12.2 Å². The van der Waals surface area contributed by atoms with E-state index in [1.165, 1.54) is 12.1 Å². The van der Waals surface area contributed by atoms with Gasteiger partial charge in [0.2, 0.25) is 5.95 Å². The maximum atomic E-state index is 12.8. The van der Waals surface area contributed by atoms with E-state index >= 15 is 0 Å². The Hall–Kier alpha value is -2.70. The lowest BCUT2D eigenvalue weighted by molar-refractivity contribution is 0.627. The Morgan fingerprint density at radius 3 is 2.63 bits per heavy atom. The summed E-state index contributed by atoms with van der Waals surface area (Å²) >= 11 is 0. The molecule has 0 radical (unpaired) electrons. The zero-order valence-corrected chi connectivity index (χ0v) is 9.77. The van der Waals surface area contributed by atoms with Crippen LogP contribution in [0.2, 0.25) is 0 Å². The van der Waals surface area contributed by atoms with E-state index < -0.39 is 0 Å². The average Bonchev–Trinajstić information content (AvgIpc) is 2.75. The fraction of sp³-hybridized carbons (Fsp3) is 0.0833. The molecular formula is C12H10FN5O. The van der Waals surface area contributed by atoms with Crippen molar-refractivity contribution in [2.45, 2.75) is 6.42 Å². The van der Waals surface area contributed by atoms with Crippen molar-refractivity contribution in [2.75, 3.05) is 5.73 Å².